The van der Waals surface area contributed by atoms with Crippen molar-refractivity contribution in [1.82, 2.24) is 0 Å². The molecule has 0 unspecified atom stereocenters. The summed E-state index contributed by atoms with van der Waals surface area (Å²) in [5.41, 5.74) is 0.792. The monoisotopic (exact) mass is 344 g/mol. The molecule has 0 amide bonds. The van der Waals surface area contributed by atoms with Gasteiger partial charge < -0.3 is 0 Å². The van der Waals surface area contributed by atoms with Crippen LogP contribution in [0.2, 0.25) is 0 Å². The van der Waals surface area contributed by atoms with Crippen molar-refractivity contribution in [3.63, 3.8) is 0 Å². The van der Waals surface area contributed by atoms with Gasteiger partial charge in [0.05, 0.1) is 11.5 Å². The first-order valence-corrected chi connectivity index (χ1v) is 8.19. The molecule has 23 heavy (non-hydrogen) atoms. The second-order valence-corrected chi connectivity index (χ2v) is 6.67. The van der Waals surface area contributed by atoms with E-state index in [2.05, 4.69) is 4.18 Å². The Bertz CT molecular complexity index is 738. The smallest absolute Gasteiger partial charge is 0.265 e. The number of rotatable bonds is 5. The first-order valence-electron chi connectivity index (χ1n) is 6.78. The molecule has 2 aromatic carbocycles. The van der Waals surface area contributed by atoms with E-state index in [1.165, 1.54) is 36.4 Å². The standard InChI is InChI=1S/C16H15F3O3S/c1-12-7-9-14(10-8-12)23(20,21)22-11-15(16(17,18)19)13-5-3-2-4-6-13/h2-10,15H,11H2,1H3/t15-/m0/s1. The maximum absolute atomic E-state index is 13.2. The van der Waals surface area contributed by atoms with Gasteiger partial charge in [0.25, 0.3) is 10.1 Å². The van der Waals surface area contributed by atoms with Crippen LogP contribution in [-0.4, -0.2) is 21.2 Å². The van der Waals surface area contributed by atoms with Crippen molar-refractivity contribution in [3.8, 4) is 0 Å². The Hall–Kier alpha value is -1.86. The summed E-state index contributed by atoms with van der Waals surface area (Å²) in [6.07, 6.45) is -4.61. The molecular formula is C16H15F3O3S. The molecule has 3 nitrogen and oxygen atoms in total. The fourth-order valence-corrected chi connectivity index (χ4v) is 2.92. The van der Waals surface area contributed by atoms with Crippen molar-refractivity contribution in [3.05, 3.63) is 65.7 Å². The molecule has 0 N–H and O–H groups in total. The zero-order valence-corrected chi connectivity index (χ0v) is 13.1. The number of aryl methyl sites for hydroxylation is 1. The van der Waals surface area contributed by atoms with Crippen molar-refractivity contribution in [2.75, 3.05) is 6.61 Å². The Balaban J connectivity index is 2.20. The minimum Gasteiger partial charge on any atom is -0.265 e. The molecule has 0 spiro atoms. The molecule has 0 aliphatic carbocycles. The molecule has 2 rings (SSSR count). The summed E-state index contributed by atoms with van der Waals surface area (Å²) in [4.78, 5) is -0.169. The van der Waals surface area contributed by atoms with Gasteiger partial charge in [0.2, 0.25) is 0 Å². The molecule has 0 aromatic heterocycles. The maximum atomic E-state index is 13.2. The zero-order chi connectivity index (χ0) is 17.1. The lowest BCUT2D eigenvalue weighted by Crippen LogP contribution is -2.26. The molecule has 2 aromatic rings. The fraction of sp³-hybridized carbons (Fsp3) is 0.250. The molecule has 0 saturated carbocycles. The van der Waals surface area contributed by atoms with E-state index in [0.717, 1.165) is 5.56 Å². The van der Waals surface area contributed by atoms with E-state index in [-0.39, 0.29) is 10.5 Å². The van der Waals surface area contributed by atoms with Gasteiger partial charge in [-0.3, -0.25) is 4.18 Å². The average molecular weight is 344 g/mol. The predicted molar refractivity (Wildman–Crippen MR) is 79.6 cm³/mol. The van der Waals surface area contributed by atoms with Crippen molar-refractivity contribution < 1.29 is 25.8 Å². The van der Waals surface area contributed by atoms with Gasteiger partial charge >= 0.3 is 6.18 Å². The van der Waals surface area contributed by atoms with Crippen LogP contribution in [0.4, 0.5) is 13.2 Å². The van der Waals surface area contributed by atoms with Crippen molar-refractivity contribution >= 4 is 10.1 Å². The second-order valence-electron chi connectivity index (χ2n) is 5.06. The SMILES string of the molecule is Cc1ccc(S(=O)(=O)OC[C@@H](c2ccccc2)C(F)(F)F)cc1. The van der Waals surface area contributed by atoms with Crippen LogP contribution in [0.15, 0.2) is 59.5 Å². The van der Waals surface area contributed by atoms with Gasteiger partial charge in [0, 0.05) is 0 Å². The molecule has 0 aliphatic heterocycles. The van der Waals surface area contributed by atoms with E-state index >= 15 is 0 Å². The van der Waals surface area contributed by atoms with Crippen LogP contribution in [0.25, 0.3) is 0 Å². The lowest BCUT2D eigenvalue weighted by atomic mass is 10.00. The number of halogens is 3. The molecular weight excluding hydrogens is 329 g/mol. The molecule has 0 bridgehead atoms. The third-order valence-corrected chi connectivity index (χ3v) is 4.59. The van der Waals surface area contributed by atoms with E-state index in [0.29, 0.717) is 0 Å². The lowest BCUT2D eigenvalue weighted by Gasteiger charge is -2.20. The number of alkyl halides is 3. The predicted octanol–water partition coefficient (Wildman–Crippen LogP) is 4.05. The topological polar surface area (TPSA) is 43.4 Å². The molecule has 0 radical (unpaired) electrons. The van der Waals surface area contributed by atoms with Crippen LogP contribution in [0, 0.1) is 6.92 Å². The lowest BCUT2D eigenvalue weighted by molar-refractivity contribution is -0.156. The molecule has 0 aliphatic rings. The summed E-state index contributed by atoms with van der Waals surface area (Å²) in [6, 6.07) is 12.8. The Morgan fingerprint density at radius 2 is 1.57 bits per heavy atom. The van der Waals surface area contributed by atoms with Gasteiger partial charge in [-0.15, -0.1) is 0 Å². The van der Waals surface area contributed by atoms with Crippen LogP contribution in [0.5, 0.6) is 0 Å². The minimum absolute atomic E-state index is 0.0425. The van der Waals surface area contributed by atoms with Gasteiger partial charge in [-0.2, -0.15) is 21.6 Å². The van der Waals surface area contributed by atoms with Crippen molar-refractivity contribution in [2.24, 2.45) is 0 Å². The summed E-state index contributed by atoms with van der Waals surface area (Å²) in [6.45, 7) is 0.774. The summed E-state index contributed by atoms with van der Waals surface area (Å²) < 4.78 is 68.2. The highest BCUT2D eigenvalue weighted by Gasteiger charge is 2.41. The van der Waals surface area contributed by atoms with E-state index in [1.807, 2.05) is 0 Å². The van der Waals surface area contributed by atoms with Gasteiger partial charge in [-0.1, -0.05) is 48.0 Å². The summed E-state index contributed by atoms with van der Waals surface area (Å²) >= 11 is 0. The van der Waals surface area contributed by atoms with Crippen LogP contribution in [0.3, 0.4) is 0 Å². The highest BCUT2D eigenvalue weighted by molar-refractivity contribution is 7.86. The molecule has 124 valence electrons. The normalized spacial score (nSPS) is 13.7. The third-order valence-electron chi connectivity index (χ3n) is 3.30. The highest BCUT2D eigenvalue weighted by Crippen LogP contribution is 2.35. The molecule has 0 heterocycles. The number of hydrogen-bond donors (Lipinski definition) is 0. The highest BCUT2D eigenvalue weighted by atomic mass is 32.2. The Morgan fingerprint density at radius 3 is 2.09 bits per heavy atom. The Labute approximate surface area is 132 Å². The van der Waals surface area contributed by atoms with E-state index < -0.39 is 28.8 Å². The van der Waals surface area contributed by atoms with Crippen molar-refractivity contribution in [1.29, 1.82) is 0 Å². The summed E-state index contributed by atoms with van der Waals surface area (Å²) in [7, 11) is -4.24. The zero-order valence-electron chi connectivity index (χ0n) is 12.2. The summed E-state index contributed by atoms with van der Waals surface area (Å²) in [5.74, 6) is -2.01. The molecule has 0 fully saturated rings. The summed E-state index contributed by atoms with van der Waals surface area (Å²) in [5, 5.41) is 0. The van der Waals surface area contributed by atoms with Gasteiger partial charge in [0.1, 0.15) is 5.92 Å². The van der Waals surface area contributed by atoms with Crippen LogP contribution < -0.4 is 0 Å². The minimum atomic E-state index is -4.61. The number of benzene rings is 2. The molecule has 1 atom stereocenters. The molecule has 7 heteroatoms. The van der Waals surface area contributed by atoms with E-state index in [4.69, 9.17) is 0 Å². The van der Waals surface area contributed by atoms with Crippen LogP contribution in [0.1, 0.15) is 17.0 Å². The quantitative estimate of drug-likeness (QED) is 0.769. The second kappa shape index (κ2) is 6.72. The average Bonchev–Trinajstić information content (AvgIpc) is 2.47. The van der Waals surface area contributed by atoms with E-state index in [1.54, 1.807) is 25.1 Å². The molecule has 0 saturated heterocycles. The maximum Gasteiger partial charge on any atom is 0.398 e. The van der Waals surface area contributed by atoms with Crippen LogP contribution >= 0.6 is 0 Å². The van der Waals surface area contributed by atoms with Crippen LogP contribution in [-0.2, 0) is 14.3 Å². The Morgan fingerprint density at radius 1 is 1.00 bits per heavy atom. The number of hydrogen-bond acceptors (Lipinski definition) is 3. The Kier molecular flexibility index (Phi) is 5.11. The van der Waals surface area contributed by atoms with Gasteiger partial charge in [0.15, 0.2) is 0 Å². The van der Waals surface area contributed by atoms with Gasteiger partial charge in [-0.05, 0) is 24.6 Å². The fourth-order valence-electron chi connectivity index (χ4n) is 2.00. The van der Waals surface area contributed by atoms with E-state index in [9.17, 15) is 21.6 Å². The first kappa shape index (κ1) is 17.5. The van der Waals surface area contributed by atoms with Crippen molar-refractivity contribution in [2.45, 2.75) is 23.9 Å². The first-order chi connectivity index (χ1) is 10.7. The third kappa shape index (κ3) is 4.56. The van der Waals surface area contributed by atoms with Gasteiger partial charge in [-0.25, -0.2) is 0 Å². The largest absolute Gasteiger partial charge is 0.398 e.